The number of hydrogen-bond acceptors (Lipinski definition) is 5. The summed E-state index contributed by atoms with van der Waals surface area (Å²) >= 11 is 5.34. The van der Waals surface area contributed by atoms with Crippen LogP contribution >= 0.6 is 12.2 Å². The maximum atomic E-state index is 13.2. The van der Waals surface area contributed by atoms with Crippen molar-refractivity contribution in [1.82, 2.24) is 10.2 Å². The second-order valence-corrected chi connectivity index (χ2v) is 8.76. The highest BCUT2D eigenvalue weighted by Gasteiger charge is 2.43. The molecule has 2 unspecified atom stereocenters. The Bertz CT molecular complexity index is 784. The van der Waals surface area contributed by atoms with Crippen LogP contribution < -0.4 is 5.32 Å². The number of nitrogens with zero attached hydrogens (tertiary/aromatic N) is 1. The molecule has 28 heavy (non-hydrogen) atoms. The standard InChI is InChI=1S/C22H26N2O3S/c25-13-17-21(19(28)12-23-17)22(27)18-7-3-4-8-24(18)20(26)11-14-9-15-5-1-2-6-16(15)10-14/h1-2,5-6,13-14,17-18,21,23H,3-4,7-12H2/t17-,18?,21?/m1/s1. The van der Waals surface area contributed by atoms with Gasteiger partial charge in [0.05, 0.1) is 18.0 Å². The highest BCUT2D eigenvalue weighted by Crippen LogP contribution is 2.31. The van der Waals surface area contributed by atoms with E-state index in [2.05, 4.69) is 17.4 Å². The van der Waals surface area contributed by atoms with Crippen molar-refractivity contribution in [3.8, 4) is 0 Å². The quantitative estimate of drug-likeness (QED) is 0.606. The van der Waals surface area contributed by atoms with Crippen LogP contribution in [0.2, 0.25) is 0 Å². The largest absolute Gasteiger partial charge is 0.333 e. The first kappa shape index (κ1) is 19.4. The van der Waals surface area contributed by atoms with Gasteiger partial charge in [0.25, 0.3) is 0 Å². The Hall–Kier alpha value is -1.92. The van der Waals surface area contributed by atoms with Crippen LogP contribution in [0.5, 0.6) is 0 Å². The van der Waals surface area contributed by atoms with Gasteiger partial charge in [-0.1, -0.05) is 36.5 Å². The zero-order chi connectivity index (χ0) is 19.7. The first-order valence-electron chi connectivity index (χ1n) is 10.2. The molecule has 1 aromatic carbocycles. The lowest BCUT2D eigenvalue weighted by molar-refractivity contribution is -0.143. The molecule has 3 aliphatic rings. The van der Waals surface area contributed by atoms with Gasteiger partial charge in [0.2, 0.25) is 5.91 Å². The lowest BCUT2D eigenvalue weighted by atomic mass is 9.86. The van der Waals surface area contributed by atoms with Gasteiger partial charge in [-0.2, -0.15) is 0 Å². The van der Waals surface area contributed by atoms with E-state index in [-0.39, 0.29) is 11.7 Å². The zero-order valence-electron chi connectivity index (χ0n) is 15.9. The van der Waals surface area contributed by atoms with E-state index < -0.39 is 18.0 Å². The number of benzene rings is 1. The SMILES string of the molecule is O=C[C@H]1NCC(=S)C1C(=O)C1CCCCN1C(=O)CC1Cc2ccccc2C1. The Labute approximate surface area is 170 Å². The molecule has 0 bridgehead atoms. The van der Waals surface area contributed by atoms with Gasteiger partial charge in [-0.25, -0.2) is 0 Å². The van der Waals surface area contributed by atoms with E-state index >= 15 is 0 Å². The summed E-state index contributed by atoms with van der Waals surface area (Å²) in [6.07, 6.45) is 5.62. The Morgan fingerprint density at radius 2 is 1.89 bits per heavy atom. The highest BCUT2D eigenvalue weighted by molar-refractivity contribution is 7.80. The number of nitrogens with one attached hydrogen (secondary N) is 1. The Balaban J connectivity index is 1.45. The molecule has 0 aromatic heterocycles. The van der Waals surface area contributed by atoms with Crippen molar-refractivity contribution in [3.05, 3.63) is 35.4 Å². The van der Waals surface area contributed by atoms with Crippen LogP contribution in [0.4, 0.5) is 0 Å². The van der Waals surface area contributed by atoms with Gasteiger partial charge in [0.1, 0.15) is 6.29 Å². The molecule has 1 N–H and O–H groups in total. The molecule has 1 amide bonds. The average molecular weight is 399 g/mol. The molecule has 0 spiro atoms. The second kappa shape index (κ2) is 8.21. The number of rotatable bonds is 5. The van der Waals surface area contributed by atoms with E-state index in [0.29, 0.717) is 36.7 Å². The van der Waals surface area contributed by atoms with Crippen molar-refractivity contribution in [2.24, 2.45) is 11.8 Å². The van der Waals surface area contributed by atoms with Gasteiger partial charge in [-0.3, -0.25) is 9.59 Å². The number of carbonyl (C=O) groups is 3. The first-order valence-corrected chi connectivity index (χ1v) is 10.6. The van der Waals surface area contributed by atoms with Gasteiger partial charge in [-0.15, -0.1) is 0 Å². The van der Waals surface area contributed by atoms with Crippen molar-refractivity contribution < 1.29 is 14.4 Å². The lowest BCUT2D eigenvalue weighted by Crippen LogP contribution is -2.52. The van der Waals surface area contributed by atoms with Crippen LogP contribution in [0.1, 0.15) is 36.8 Å². The molecule has 3 atom stereocenters. The highest BCUT2D eigenvalue weighted by atomic mass is 32.1. The maximum Gasteiger partial charge on any atom is 0.223 e. The number of carbonyl (C=O) groups excluding carboxylic acids is 3. The van der Waals surface area contributed by atoms with Gasteiger partial charge >= 0.3 is 0 Å². The molecule has 2 saturated heterocycles. The molecule has 2 fully saturated rings. The molecule has 148 valence electrons. The summed E-state index contributed by atoms with van der Waals surface area (Å²) in [5.41, 5.74) is 2.67. The number of thiocarbonyl (C=S) groups is 1. The number of hydrogen-bond donors (Lipinski definition) is 1. The van der Waals surface area contributed by atoms with E-state index in [1.54, 1.807) is 4.90 Å². The summed E-state index contributed by atoms with van der Waals surface area (Å²) in [6.45, 7) is 1.03. The van der Waals surface area contributed by atoms with Crippen LogP contribution in [-0.2, 0) is 27.2 Å². The van der Waals surface area contributed by atoms with Gasteiger partial charge in [0, 0.05) is 24.4 Å². The van der Waals surface area contributed by atoms with Crippen molar-refractivity contribution in [3.63, 3.8) is 0 Å². The monoisotopic (exact) mass is 398 g/mol. The fraction of sp³-hybridized carbons (Fsp3) is 0.545. The number of amides is 1. The lowest BCUT2D eigenvalue weighted by Gasteiger charge is -2.37. The first-order chi connectivity index (χ1) is 13.6. The molecule has 5 nitrogen and oxygen atoms in total. The van der Waals surface area contributed by atoms with Crippen LogP contribution in [0.3, 0.4) is 0 Å². The topological polar surface area (TPSA) is 66.5 Å². The molecule has 4 rings (SSSR count). The van der Waals surface area contributed by atoms with E-state index in [9.17, 15) is 14.4 Å². The van der Waals surface area contributed by atoms with Crippen LogP contribution in [0.15, 0.2) is 24.3 Å². The third-order valence-corrected chi connectivity index (χ3v) is 6.82. The second-order valence-electron chi connectivity index (χ2n) is 8.23. The number of likely N-dealkylation sites (tertiary alicyclic amines) is 1. The number of aldehydes is 1. The van der Waals surface area contributed by atoms with Crippen molar-refractivity contribution in [2.75, 3.05) is 13.1 Å². The Morgan fingerprint density at radius 3 is 2.57 bits per heavy atom. The molecule has 0 radical (unpaired) electrons. The third-order valence-electron chi connectivity index (χ3n) is 6.42. The average Bonchev–Trinajstić information content (AvgIpc) is 3.29. The predicted octanol–water partition coefficient (Wildman–Crippen LogP) is 1.90. The van der Waals surface area contributed by atoms with Crippen LogP contribution in [0, 0.1) is 11.8 Å². The van der Waals surface area contributed by atoms with Gasteiger partial charge in [-0.05, 0) is 49.1 Å². The smallest absolute Gasteiger partial charge is 0.223 e. The molecule has 2 aliphatic heterocycles. The normalized spacial score (nSPS) is 27.6. The molecule has 1 aromatic rings. The minimum Gasteiger partial charge on any atom is -0.333 e. The minimum absolute atomic E-state index is 0.0603. The molecule has 1 aliphatic carbocycles. The minimum atomic E-state index is -0.582. The molecular formula is C22H26N2O3S. The summed E-state index contributed by atoms with van der Waals surface area (Å²) in [7, 11) is 0. The number of ketones is 1. The van der Waals surface area contributed by atoms with Crippen LogP contribution in [0.25, 0.3) is 0 Å². The molecule has 0 saturated carbocycles. The summed E-state index contributed by atoms with van der Waals surface area (Å²) in [4.78, 5) is 40.1. The van der Waals surface area contributed by atoms with E-state index in [0.717, 1.165) is 32.0 Å². The summed E-state index contributed by atoms with van der Waals surface area (Å²) in [5, 5.41) is 3.01. The molecule has 6 heteroatoms. The van der Waals surface area contributed by atoms with Crippen molar-refractivity contribution >= 4 is 35.1 Å². The van der Waals surface area contributed by atoms with Gasteiger partial charge < -0.3 is 15.0 Å². The third kappa shape index (κ3) is 3.67. The Kier molecular flexibility index (Phi) is 5.69. The number of fused-ring (bicyclic) bond motifs is 1. The predicted molar refractivity (Wildman–Crippen MR) is 110 cm³/mol. The van der Waals surface area contributed by atoms with Gasteiger partial charge in [0.15, 0.2) is 5.78 Å². The van der Waals surface area contributed by atoms with Crippen molar-refractivity contribution in [2.45, 2.75) is 50.6 Å². The number of piperidine rings is 1. The van der Waals surface area contributed by atoms with Crippen LogP contribution in [-0.4, -0.2) is 52.9 Å². The number of Topliss-reactive ketones (excluding diaryl/α,β-unsaturated/α-hetero) is 1. The fourth-order valence-corrected chi connectivity index (χ4v) is 5.35. The summed E-state index contributed by atoms with van der Waals surface area (Å²) in [6, 6.07) is 7.37. The van der Waals surface area contributed by atoms with E-state index in [1.165, 1.54) is 11.1 Å². The molecule has 2 heterocycles. The Morgan fingerprint density at radius 1 is 1.18 bits per heavy atom. The summed E-state index contributed by atoms with van der Waals surface area (Å²) in [5.74, 6) is -0.272. The summed E-state index contributed by atoms with van der Waals surface area (Å²) < 4.78 is 0. The fourth-order valence-electron chi connectivity index (χ4n) is 5.00. The van der Waals surface area contributed by atoms with E-state index in [4.69, 9.17) is 12.2 Å². The molecular weight excluding hydrogens is 372 g/mol. The maximum absolute atomic E-state index is 13.2. The zero-order valence-corrected chi connectivity index (χ0v) is 16.7. The van der Waals surface area contributed by atoms with E-state index in [1.807, 2.05) is 12.1 Å². The van der Waals surface area contributed by atoms with Crippen molar-refractivity contribution in [1.29, 1.82) is 0 Å².